The molecule has 2 unspecified atom stereocenters. The van der Waals surface area contributed by atoms with Crippen LogP contribution in [-0.4, -0.2) is 32.0 Å². The highest BCUT2D eigenvalue weighted by Crippen LogP contribution is 2.27. The zero-order valence-electron chi connectivity index (χ0n) is 14.1. The monoisotopic (exact) mass is 348 g/mol. The number of rotatable bonds is 8. The molecule has 0 bridgehead atoms. The molecule has 4 nitrogen and oxygen atoms in total. The maximum atomic E-state index is 12.6. The van der Waals surface area contributed by atoms with Crippen molar-refractivity contribution >= 4 is 9.84 Å². The third-order valence-corrected chi connectivity index (χ3v) is 6.19. The third kappa shape index (κ3) is 5.08. The summed E-state index contributed by atoms with van der Waals surface area (Å²) in [6.45, 7) is 3.76. The Morgan fingerprint density at radius 1 is 1.04 bits per heavy atom. The Morgan fingerprint density at radius 2 is 1.67 bits per heavy atom. The standard InChI is InChI=1S/C19H24O4S/c1-3-19(16-7-5-4-6-8-16)24(21,22)14-17(20)13-23-18-11-9-15(2)10-12-18/h4-12,17,19-20H,3,13-14H2,1-2H3. The predicted molar refractivity (Wildman–Crippen MR) is 95.9 cm³/mol. The summed E-state index contributed by atoms with van der Waals surface area (Å²) in [6, 6.07) is 16.5. The fraction of sp³-hybridized carbons (Fsp3) is 0.368. The van der Waals surface area contributed by atoms with Crippen LogP contribution in [0.3, 0.4) is 0 Å². The third-order valence-electron chi connectivity index (χ3n) is 3.86. The van der Waals surface area contributed by atoms with Gasteiger partial charge in [-0.15, -0.1) is 0 Å². The minimum Gasteiger partial charge on any atom is -0.491 e. The minimum absolute atomic E-state index is 0.0481. The van der Waals surface area contributed by atoms with Gasteiger partial charge in [-0.25, -0.2) is 8.42 Å². The zero-order chi connectivity index (χ0) is 17.6. The number of hydrogen-bond acceptors (Lipinski definition) is 4. The molecule has 130 valence electrons. The van der Waals surface area contributed by atoms with Gasteiger partial charge in [0.25, 0.3) is 0 Å². The number of sulfone groups is 1. The van der Waals surface area contributed by atoms with Gasteiger partial charge in [0.2, 0.25) is 0 Å². The number of aryl methyl sites for hydroxylation is 1. The van der Waals surface area contributed by atoms with E-state index in [1.165, 1.54) is 0 Å². The van der Waals surface area contributed by atoms with E-state index in [2.05, 4.69) is 0 Å². The predicted octanol–water partition coefficient (Wildman–Crippen LogP) is 3.30. The molecule has 0 aliphatic carbocycles. The number of hydrogen-bond donors (Lipinski definition) is 1. The van der Waals surface area contributed by atoms with Gasteiger partial charge in [-0.1, -0.05) is 55.0 Å². The second kappa shape index (κ2) is 8.31. The van der Waals surface area contributed by atoms with Crippen molar-refractivity contribution in [1.29, 1.82) is 0 Å². The molecule has 0 aliphatic rings. The van der Waals surface area contributed by atoms with Gasteiger partial charge in [-0.3, -0.25) is 0 Å². The Bertz CT molecular complexity index is 724. The molecule has 0 aromatic heterocycles. The summed E-state index contributed by atoms with van der Waals surface area (Å²) < 4.78 is 30.7. The van der Waals surface area contributed by atoms with E-state index >= 15 is 0 Å². The smallest absolute Gasteiger partial charge is 0.159 e. The highest BCUT2D eigenvalue weighted by molar-refractivity contribution is 7.91. The molecule has 2 rings (SSSR count). The molecule has 0 radical (unpaired) electrons. The van der Waals surface area contributed by atoms with E-state index in [0.29, 0.717) is 12.2 Å². The highest BCUT2D eigenvalue weighted by atomic mass is 32.2. The van der Waals surface area contributed by atoms with Crippen molar-refractivity contribution < 1.29 is 18.3 Å². The lowest BCUT2D eigenvalue weighted by atomic mass is 10.1. The van der Waals surface area contributed by atoms with E-state index in [4.69, 9.17) is 4.74 Å². The van der Waals surface area contributed by atoms with E-state index in [1.807, 2.05) is 44.2 Å². The Labute approximate surface area is 144 Å². The maximum Gasteiger partial charge on any atom is 0.159 e. The molecule has 0 aliphatic heterocycles. The topological polar surface area (TPSA) is 63.6 Å². The summed E-state index contributed by atoms with van der Waals surface area (Å²) in [6.07, 6.45) is -0.591. The van der Waals surface area contributed by atoms with Gasteiger partial charge in [0, 0.05) is 0 Å². The summed E-state index contributed by atoms with van der Waals surface area (Å²) in [5, 5.41) is 9.48. The zero-order valence-corrected chi connectivity index (χ0v) is 14.9. The van der Waals surface area contributed by atoms with Crippen molar-refractivity contribution in [2.45, 2.75) is 31.6 Å². The summed E-state index contributed by atoms with van der Waals surface area (Å²) in [5.41, 5.74) is 1.87. The van der Waals surface area contributed by atoms with Crippen LogP contribution in [0, 0.1) is 6.92 Å². The van der Waals surface area contributed by atoms with Gasteiger partial charge >= 0.3 is 0 Å². The number of benzene rings is 2. The lowest BCUT2D eigenvalue weighted by Crippen LogP contribution is -2.30. The molecule has 0 fully saturated rings. The Kier molecular flexibility index (Phi) is 6.40. The molecular weight excluding hydrogens is 324 g/mol. The molecule has 24 heavy (non-hydrogen) atoms. The van der Waals surface area contributed by atoms with Crippen LogP contribution in [-0.2, 0) is 9.84 Å². The summed E-state index contributed by atoms with van der Waals surface area (Å²) in [4.78, 5) is 0. The Hall–Kier alpha value is -1.85. The molecule has 2 atom stereocenters. The first-order valence-corrected chi connectivity index (χ1v) is 9.78. The molecule has 2 aromatic carbocycles. The molecule has 2 aromatic rings. The average Bonchev–Trinajstić information content (AvgIpc) is 2.55. The van der Waals surface area contributed by atoms with Gasteiger partial charge < -0.3 is 9.84 Å². The lowest BCUT2D eigenvalue weighted by Gasteiger charge is -2.19. The molecular formula is C19H24O4S. The van der Waals surface area contributed by atoms with E-state index in [0.717, 1.165) is 11.1 Å². The van der Waals surface area contributed by atoms with Gasteiger partial charge in [0.15, 0.2) is 9.84 Å². The number of aliphatic hydroxyl groups excluding tert-OH is 1. The molecule has 0 heterocycles. The maximum absolute atomic E-state index is 12.6. The van der Waals surface area contributed by atoms with Crippen molar-refractivity contribution in [3.8, 4) is 5.75 Å². The van der Waals surface area contributed by atoms with Crippen LogP contribution >= 0.6 is 0 Å². The van der Waals surface area contributed by atoms with Crippen LogP contribution in [0.5, 0.6) is 5.75 Å². The summed E-state index contributed by atoms with van der Waals surface area (Å²) in [5.74, 6) is 0.304. The normalized spacial score (nSPS) is 14.1. The van der Waals surface area contributed by atoms with Crippen LogP contribution in [0.15, 0.2) is 54.6 Å². The summed E-state index contributed by atoms with van der Waals surface area (Å²) in [7, 11) is -3.47. The largest absolute Gasteiger partial charge is 0.491 e. The Morgan fingerprint density at radius 3 is 2.25 bits per heavy atom. The summed E-state index contributed by atoms with van der Waals surface area (Å²) >= 11 is 0. The average molecular weight is 348 g/mol. The van der Waals surface area contributed by atoms with Gasteiger partial charge in [-0.2, -0.15) is 0 Å². The molecule has 0 saturated heterocycles. The number of ether oxygens (including phenoxy) is 1. The van der Waals surface area contributed by atoms with Gasteiger partial charge in [0.1, 0.15) is 18.5 Å². The first kappa shape index (κ1) is 18.5. The SMILES string of the molecule is CCC(c1ccccc1)S(=O)(=O)CC(O)COc1ccc(C)cc1. The number of aliphatic hydroxyl groups is 1. The van der Waals surface area contributed by atoms with E-state index in [-0.39, 0.29) is 12.4 Å². The van der Waals surface area contributed by atoms with Crippen LogP contribution in [0.4, 0.5) is 0 Å². The molecule has 0 spiro atoms. The van der Waals surface area contributed by atoms with Crippen LogP contribution < -0.4 is 4.74 Å². The van der Waals surface area contributed by atoms with Crippen molar-refractivity contribution in [1.82, 2.24) is 0 Å². The van der Waals surface area contributed by atoms with Crippen molar-refractivity contribution in [3.63, 3.8) is 0 Å². The highest BCUT2D eigenvalue weighted by Gasteiger charge is 2.28. The van der Waals surface area contributed by atoms with Crippen molar-refractivity contribution in [2.75, 3.05) is 12.4 Å². The van der Waals surface area contributed by atoms with E-state index in [9.17, 15) is 13.5 Å². The molecule has 0 amide bonds. The Balaban J connectivity index is 1.98. The fourth-order valence-electron chi connectivity index (χ4n) is 2.62. The molecule has 5 heteroatoms. The van der Waals surface area contributed by atoms with Crippen molar-refractivity contribution in [2.24, 2.45) is 0 Å². The first-order valence-electron chi connectivity index (χ1n) is 8.06. The quantitative estimate of drug-likeness (QED) is 0.795. The van der Waals surface area contributed by atoms with Crippen molar-refractivity contribution in [3.05, 3.63) is 65.7 Å². The lowest BCUT2D eigenvalue weighted by molar-refractivity contribution is 0.124. The van der Waals surface area contributed by atoms with E-state index in [1.54, 1.807) is 24.3 Å². The second-order valence-corrected chi connectivity index (χ2v) is 8.14. The van der Waals surface area contributed by atoms with Crippen LogP contribution in [0.1, 0.15) is 29.7 Å². The van der Waals surface area contributed by atoms with Gasteiger partial charge in [0.05, 0.1) is 11.0 Å². The van der Waals surface area contributed by atoms with Crippen LogP contribution in [0.25, 0.3) is 0 Å². The fourth-order valence-corrected chi connectivity index (χ4v) is 4.57. The molecule has 0 saturated carbocycles. The molecule has 1 N–H and O–H groups in total. The minimum atomic E-state index is -3.47. The van der Waals surface area contributed by atoms with Crippen LogP contribution in [0.2, 0.25) is 0 Å². The van der Waals surface area contributed by atoms with Gasteiger partial charge in [-0.05, 0) is 31.0 Å². The van der Waals surface area contributed by atoms with E-state index < -0.39 is 21.2 Å². The second-order valence-electron chi connectivity index (χ2n) is 5.91. The first-order chi connectivity index (χ1) is 11.4.